The summed E-state index contributed by atoms with van der Waals surface area (Å²) in [5, 5.41) is 7.88. The van der Waals surface area contributed by atoms with Crippen molar-refractivity contribution in [1.82, 2.24) is 5.43 Å². The van der Waals surface area contributed by atoms with Crippen LogP contribution in [-0.4, -0.2) is 32.7 Å². The van der Waals surface area contributed by atoms with Crippen LogP contribution in [0.15, 0.2) is 41.5 Å². The molecule has 0 bridgehead atoms. The van der Waals surface area contributed by atoms with Crippen molar-refractivity contribution >= 4 is 40.8 Å². The standard InChI is InChI=1S/C17H18ClN3O3S/c1-22-13-6-4-12(5-7-13)20-17(25)21-19-10-11-8-14(18)16(24-3)15(9-11)23-2/h4-10H,1-3H3,(H2,20,21,25)/b19-10-. The highest BCUT2D eigenvalue weighted by Crippen LogP contribution is 2.35. The second kappa shape index (κ2) is 9.10. The Bertz CT molecular complexity index is 766. The number of thiocarbonyl (C=S) groups is 1. The largest absolute Gasteiger partial charge is 0.497 e. The lowest BCUT2D eigenvalue weighted by Gasteiger charge is -2.10. The van der Waals surface area contributed by atoms with E-state index in [-0.39, 0.29) is 0 Å². The maximum absolute atomic E-state index is 6.15. The monoisotopic (exact) mass is 379 g/mol. The Morgan fingerprint density at radius 1 is 1.08 bits per heavy atom. The molecule has 0 spiro atoms. The van der Waals surface area contributed by atoms with Gasteiger partial charge >= 0.3 is 0 Å². The molecule has 2 rings (SSSR count). The fourth-order valence-corrected chi connectivity index (χ4v) is 2.48. The van der Waals surface area contributed by atoms with Gasteiger partial charge in [-0.3, -0.25) is 5.43 Å². The fourth-order valence-electron chi connectivity index (χ4n) is 2.01. The zero-order valence-corrected chi connectivity index (χ0v) is 15.6. The molecule has 0 atom stereocenters. The van der Waals surface area contributed by atoms with Gasteiger partial charge in [0.05, 0.1) is 32.6 Å². The molecule has 6 nitrogen and oxygen atoms in total. The van der Waals surface area contributed by atoms with Gasteiger partial charge in [-0.25, -0.2) is 0 Å². The average molecular weight is 380 g/mol. The van der Waals surface area contributed by atoms with Crippen molar-refractivity contribution in [3.05, 3.63) is 47.0 Å². The van der Waals surface area contributed by atoms with Gasteiger partial charge in [0.2, 0.25) is 0 Å². The number of benzene rings is 2. The van der Waals surface area contributed by atoms with Gasteiger partial charge in [0.15, 0.2) is 16.6 Å². The van der Waals surface area contributed by atoms with Crippen LogP contribution in [0.5, 0.6) is 17.2 Å². The Morgan fingerprint density at radius 3 is 2.40 bits per heavy atom. The maximum Gasteiger partial charge on any atom is 0.191 e. The SMILES string of the molecule is COc1ccc(NC(=S)N/N=C\c2cc(Cl)c(OC)c(OC)c2)cc1. The predicted molar refractivity (Wildman–Crippen MR) is 105 cm³/mol. The highest BCUT2D eigenvalue weighted by atomic mass is 35.5. The van der Waals surface area contributed by atoms with Gasteiger partial charge in [0.25, 0.3) is 0 Å². The third-order valence-corrected chi connectivity index (χ3v) is 3.66. The minimum atomic E-state index is 0.355. The second-order valence-electron chi connectivity index (χ2n) is 4.79. The van der Waals surface area contributed by atoms with Gasteiger partial charge < -0.3 is 19.5 Å². The van der Waals surface area contributed by atoms with Gasteiger partial charge in [0.1, 0.15) is 5.75 Å². The smallest absolute Gasteiger partial charge is 0.191 e. The molecule has 0 aliphatic heterocycles. The van der Waals surface area contributed by atoms with Crippen molar-refractivity contribution in [2.75, 3.05) is 26.6 Å². The summed E-state index contributed by atoms with van der Waals surface area (Å²) in [4.78, 5) is 0. The lowest BCUT2D eigenvalue weighted by molar-refractivity contribution is 0.355. The lowest BCUT2D eigenvalue weighted by Crippen LogP contribution is -2.23. The molecule has 0 unspecified atom stereocenters. The van der Waals surface area contributed by atoms with Gasteiger partial charge in [-0.2, -0.15) is 5.10 Å². The summed E-state index contributed by atoms with van der Waals surface area (Å²) in [6, 6.07) is 10.8. The summed E-state index contributed by atoms with van der Waals surface area (Å²) >= 11 is 11.3. The van der Waals surface area contributed by atoms with Crippen molar-refractivity contribution < 1.29 is 14.2 Å². The van der Waals surface area contributed by atoms with Crippen molar-refractivity contribution in [3.8, 4) is 17.2 Å². The predicted octanol–water partition coefficient (Wildman–Crippen LogP) is 3.69. The zero-order chi connectivity index (χ0) is 18.2. The summed E-state index contributed by atoms with van der Waals surface area (Å²) < 4.78 is 15.5. The topological polar surface area (TPSA) is 64.1 Å². The number of nitrogens with one attached hydrogen (secondary N) is 2. The first-order valence-electron chi connectivity index (χ1n) is 7.23. The van der Waals surface area contributed by atoms with Crippen LogP contribution in [0.4, 0.5) is 5.69 Å². The van der Waals surface area contributed by atoms with E-state index in [1.807, 2.05) is 24.3 Å². The molecule has 0 saturated carbocycles. The normalized spacial score (nSPS) is 10.4. The number of methoxy groups -OCH3 is 3. The number of hydrogen-bond acceptors (Lipinski definition) is 5. The van der Waals surface area contributed by atoms with Crippen molar-refractivity contribution in [3.63, 3.8) is 0 Å². The molecule has 2 N–H and O–H groups in total. The average Bonchev–Trinajstić information content (AvgIpc) is 2.61. The molecule has 0 amide bonds. The van der Waals surface area contributed by atoms with Crippen LogP contribution in [0.1, 0.15) is 5.56 Å². The van der Waals surface area contributed by atoms with Crippen LogP contribution >= 0.6 is 23.8 Å². The molecule has 0 saturated heterocycles. The number of nitrogens with zero attached hydrogens (tertiary/aromatic N) is 1. The van der Waals surface area contributed by atoms with E-state index in [4.69, 9.17) is 38.0 Å². The third-order valence-electron chi connectivity index (χ3n) is 3.18. The van der Waals surface area contributed by atoms with Crippen LogP contribution in [0, 0.1) is 0 Å². The van der Waals surface area contributed by atoms with E-state index < -0.39 is 0 Å². The molecular formula is C17H18ClN3O3S. The number of hydrogen-bond donors (Lipinski definition) is 2. The number of ether oxygens (including phenoxy) is 3. The van der Waals surface area contributed by atoms with Crippen LogP contribution in [0.25, 0.3) is 0 Å². The highest BCUT2D eigenvalue weighted by Gasteiger charge is 2.09. The molecule has 0 aromatic heterocycles. The van der Waals surface area contributed by atoms with Gasteiger partial charge in [-0.15, -0.1) is 0 Å². The number of halogens is 1. The molecule has 0 radical (unpaired) electrons. The van der Waals surface area contributed by atoms with Gasteiger partial charge in [-0.1, -0.05) is 11.6 Å². The Labute approximate surface area is 156 Å². The Hall–Kier alpha value is -2.51. The van der Waals surface area contributed by atoms with Crippen molar-refractivity contribution in [2.45, 2.75) is 0 Å². The molecule has 132 valence electrons. The number of hydrazone groups is 1. The molecule has 2 aromatic rings. The van der Waals surface area contributed by atoms with Crippen molar-refractivity contribution in [1.29, 1.82) is 0 Å². The van der Waals surface area contributed by atoms with E-state index in [0.717, 1.165) is 17.0 Å². The van der Waals surface area contributed by atoms with Crippen LogP contribution < -0.4 is 25.0 Å². The lowest BCUT2D eigenvalue weighted by atomic mass is 10.2. The summed E-state index contributed by atoms with van der Waals surface area (Å²) in [6.07, 6.45) is 1.58. The first kappa shape index (κ1) is 18.8. The van der Waals surface area contributed by atoms with E-state index in [1.165, 1.54) is 7.11 Å². The first-order valence-corrected chi connectivity index (χ1v) is 8.01. The summed E-state index contributed by atoms with van der Waals surface area (Å²) in [6.45, 7) is 0. The zero-order valence-electron chi connectivity index (χ0n) is 14.0. The van der Waals surface area contributed by atoms with Crippen molar-refractivity contribution in [2.24, 2.45) is 5.10 Å². The number of rotatable bonds is 6. The van der Waals surface area contributed by atoms with E-state index in [0.29, 0.717) is 21.6 Å². The maximum atomic E-state index is 6.15. The minimum Gasteiger partial charge on any atom is -0.497 e. The van der Waals surface area contributed by atoms with Gasteiger partial charge in [-0.05, 0) is 54.2 Å². The quantitative estimate of drug-likeness (QED) is 0.453. The highest BCUT2D eigenvalue weighted by molar-refractivity contribution is 7.80. The van der Waals surface area contributed by atoms with Gasteiger partial charge in [0, 0.05) is 5.69 Å². The van der Waals surface area contributed by atoms with E-state index >= 15 is 0 Å². The third kappa shape index (κ3) is 5.23. The van der Waals surface area contributed by atoms with E-state index in [1.54, 1.807) is 32.6 Å². The fraction of sp³-hybridized carbons (Fsp3) is 0.176. The van der Waals surface area contributed by atoms with E-state index in [9.17, 15) is 0 Å². The molecule has 2 aromatic carbocycles. The van der Waals surface area contributed by atoms with Crippen LogP contribution in [-0.2, 0) is 0 Å². The van der Waals surface area contributed by atoms with Crippen LogP contribution in [0.3, 0.4) is 0 Å². The molecule has 0 heterocycles. The van der Waals surface area contributed by atoms with Crippen LogP contribution in [0.2, 0.25) is 5.02 Å². The minimum absolute atomic E-state index is 0.355. The van der Waals surface area contributed by atoms with E-state index in [2.05, 4.69) is 15.8 Å². The Morgan fingerprint density at radius 2 is 1.80 bits per heavy atom. The molecule has 0 fully saturated rings. The Kier molecular flexibility index (Phi) is 6.85. The second-order valence-corrected chi connectivity index (χ2v) is 5.61. The molecular weight excluding hydrogens is 362 g/mol. The molecule has 8 heteroatoms. The summed E-state index contributed by atoms with van der Waals surface area (Å²) in [7, 11) is 4.69. The first-order chi connectivity index (χ1) is 12.1. The summed E-state index contributed by atoms with van der Waals surface area (Å²) in [5.41, 5.74) is 4.30. The summed E-state index contributed by atoms with van der Waals surface area (Å²) in [5.74, 6) is 1.77. The Balaban J connectivity index is 1.97. The molecule has 0 aliphatic carbocycles. The number of anilines is 1. The molecule has 0 aliphatic rings. The molecule has 25 heavy (non-hydrogen) atoms.